The van der Waals surface area contributed by atoms with Crippen LogP contribution in [0.2, 0.25) is 0 Å². The van der Waals surface area contributed by atoms with Gasteiger partial charge in [0.25, 0.3) is 0 Å². The summed E-state index contributed by atoms with van der Waals surface area (Å²) in [5.41, 5.74) is 1.99. The van der Waals surface area contributed by atoms with Crippen LogP contribution in [0.15, 0.2) is 30.5 Å². The van der Waals surface area contributed by atoms with Crippen LogP contribution in [0.5, 0.6) is 5.75 Å². The van der Waals surface area contributed by atoms with Gasteiger partial charge < -0.3 is 10.1 Å². The summed E-state index contributed by atoms with van der Waals surface area (Å²) in [4.78, 5) is 4.53. The summed E-state index contributed by atoms with van der Waals surface area (Å²) in [5.74, 6) is 1.72. The monoisotopic (exact) mass is 259 g/mol. The fraction of sp³-hybridized carbons (Fsp3) is 0.400. The molecule has 4 nitrogen and oxygen atoms in total. The highest BCUT2D eigenvalue weighted by molar-refractivity contribution is 5.52. The van der Waals surface area contributed by atoms with Gasteiger partial charge in [0.2, 0.25) is 5.95 Å². The molecule has 0 amide bonds. The molecule has 19 heavy (non-hydrogen) atoms. The number of ether oxygens (including phenoxy) is 1. The lowest BCUT2D eigenvalue weighted by Gasteiger charge is -2.12. The van der Waals surface area contributed by atoms with Crippen molar-refractivity contribution in [1.82, 2.24) is 9.55 Å². The molecule has 0 radical (unpaired) electrons. The number of benzene rings is 1. The summed E-state index contributed by atoms with van der Waals surface area (Å²) >= 11 is 0. The summed E-state index contributed by atoms with van der Waals surface area (Å²) in [6, 6.07) is 7.96. The van der Waals surface area contributed by atoms with Gasteiger partial charge in [0, 0.05) is 12.7 Å². The third-order valence-electron chi connectivity index (χ3n) is 2.98. The van der Waals surface area contributed by atoms with Crippen molar-refractivity contribution in [3.8, 4) is 11.4 Å². The van der Waals surface area contributed by atoms with Gasteiger partial charge in [-0.25, -0.2) is 4.98 Å². The van der Waals surface area contributed by atoms with Gasteiger partial charge in [0.05, 0.1) is 18.5 Å². The van der Waals surface area contributed by atoms with Crippen LogP contribution in [0.1, 0.15) is 25.5 Å². The lowest BCUT2D eigenvalue weighted by molar-refractivity contribution is 0.413. The van der Waals surface area contributed by atoms with Crippen LogP contribution in [-0.2, 0) is 0 Å². The van der Waals surface area contributed by atoms with E-state index in [-0.39, 0.29) is 0 Å². The van der Waals surface area contributed by atoms with Crippen molar-refractivity contribution in [2.24, 2.45) is 0 Å². The maximum Gasteiger partial charge on any atom is 0.207 e. The Balaban J connectivity index is 2.33. The molecule has 1 N–H and O–H groups in total. The van der Waals surface area contributed by atoms with Gasteiger partial charge in [-0.05, 0) is 25.5 Å². The van der Waals surface area contributed by atoms with Crippen molar-refractivity contribution in [3.05, 3.63) is 36.2 Å². The molecule has 2 aromatic rings. The van der Waals surface area contributed by atoms with Crippen molar-refractivity contribution in [1.29, 1.82) is 0 Å². The third kappa shape index (κ3) is 3.08. The molecule has 0 spiro atoms. The van der Waals surface area contributed by atoms with Crippen molar-refractivity contribution in [3.63, 3.8) is 0 Å². The van der Waals surface area contributed by atoms with Crippen molar-refractivity contribution in [2.45, 2.75) is 26.7 Å². The summed E-state index contributed by atoms with van der Waals surface area (Å²) in [7, 11) is 1.69. The molecule has 0 saturated heterocycles. The van der Waals surface area contributed by atoms with Gasteiger partial charge in [-0.2, -0.15) is 0 Å². The fourth-order valence-electron chi connectivity index (χ4n) is 2.01. The zero-order chi connectivity index (χ0) is 13.7. The Labute approximate surface area is 114 Å². The van der Waals surface area contributed by atoms with Crippen LogP contribution in [0.25, 0.3) is 5.69 Å². The Bertz CT molecular complexity index is 534. The second-order valence-corrected chi connectivity index (χ2v) is 4.53. The van der Waals surface area contributed by atoms with Crippen LogP contribution in [0, 0.1) is 6.92 Å². The van der Waals surface area contributed by atoms with Crippen molar-refractivity contribution < 1.29 is 4.74 Å². The minimum atomic E-state index is 0.846. The quantitative estimate of drug-likeness (QED) is 0.808. The van der Waals surface area contributed by atoms with Crippen LogP contribution < -0.4 is 10.1 Å². The number of unbranched alkanes of at least 4 members (excludes halogenated alkanes) is 1. The molecule has 1 aromatic carbocycles. The molecular weight excluding hydrogens is 238 g/mol. The Kier molecular flexibility index (Phi) is 4.44. The molecule has 102 valence electrons. The first-order chi connectivity index (χ1) is 9.26. The predicted octanol–water partition coefficient (Wildman–Crippen LogP) is 3.40. The van der Waals surface area contributed by atoms with E-state index >= 15 is 0 Å². The average molecular weight is 259 g/mol. The van der Waals surface area contributed by atoms with Gasteiger partial charge in [-0.15, -0.1) is 0 Å². The van der Waals surface area contributed by atoms with Crippen LogP contribution in [0.4, 0.5) is 5.95 Å². The van der Waals surface area contributed by atoms with Gasteiger partial charge in [-0.3, -0.25) is 4.57 Å². The summed E-state index contributed by atoms with van der Waals surface area (Å²) in [6.07, 6.45) is 4.32. The predicted molar refractivity (Wildman–Crippen MR) is 78.3 cm³/mol. The molecule has 0 unspecified atom stereocenters. The molecular formula is C15H21N3O. The number of hydrogen-bond donors (Lipinski definition) is 1. The molecule has 0 atom stereocenters. The van der Waals surface area contributed by atoms with Gasteiger partial charge in [0.15, 0.2) is 0 Å². The number of hydrogen-bond acceptors (Lipinski definition) is 3. The van der Waals surface area contributed by atoms with Crippen LogP contribution in [0.3, 0.4) is 0 Å². The maximum atomic E-state index is 5.41. The first-order valence-electron chi connectivity index (χ1n) is 6.69. The Morgan fingerprint density at radius 1 is 1.32 bits per heavy atom. The number of methoxy groups -OCH3 is 1. The fourth-order valence-corrected chi connectivity index (χ4v) is 2.01. The van der Waals surface area contributed by atoms with E-state index in [0.717, 1.165) is 36.0 Å². The van der Waals surface area contributed by atoms with E-state index in [2.05, 4.69) is 17.2 Å². The second kappa shape index (κ2) is 6.27. The number of para-hydroxylation sites is 2. The highest BCUT2D eigenvalue weighted by Gasteiger charge is 2.10. The van der Waals surface area contributed by atoms with Gasteiger partial charge >= 0.3 is 0 Å². The largest absolute Gasteiger partial charge is 0.495 e. The average Bonchev–Trinajstić information content (AvgIpc) is 2.80. The molecule has 0 aliphatic carbocycles. The number of nitrogens with one attached hydrogen (secondary N) is 1. The van der Waals surface area contributed by atoms with E-state index in [4.69, 9.17) is 4.74 Å². The van der Waals surface area contributed by atoms with Gasteiger partial charge in [-0.1, -0.05) is 25.5 Å². The number of aryl methyl sites for hydroxylation is 1. The van der Waals surface area contributed by atoms with Crippen LogP contribution >= 0.6 is 0 Å². The van der Waals surface area contributed by atoms with Crippen molar-refractivity contribution >= 4 is 5.95 Å². The first kappa shape index (κ1) is 13.5. The SMILES string of the molecule is CCCCNc1nc(C)cn1-c1ccccc1OC. The first-order valence-corrected chi connectivity index (χ1v) is 6.69. The van der Waals surface area contributed by atoms with E-state index in [1.165, 1.54) is 6.42 Å². The summed E-state index contributed by atoms with van der Waals surface area (Å²) < 4.78 is 7.46. The van der Waals surface area contributed by atoms with E-state index < -0.39 is 0 Å². The number of nitrogens with zero attached hydrogens (tertiary/aromatic N) is 2. The molecule has 0 saturated carbocycles. The van der Waals surface area contributed by atoms with Crippen LogP contribution in [-0.4, -0.2) is 23.2 Å². The van der Waals surface area contributed by atoms with Gasteiger partial charge in [0.1, 0.15) is 5.75 Å². The number of imidazole rings is 1. The maximum absolute atomic E-state index is 5.41. The smallest absolute Gasteiger partial charge is 0.207 e. The zero-order valence-electron chi connectivity index (χ0n) is 11.8. The normalized spacial score (nSPS) is 10.5. The molecule has 0 fully saturated rings. The molecule has 0 aliphatic rings. The highest BCUT2D eigenvalue weighted by atomic mass is 16.5. The van der Waals surface area contributed by atoms with E-state index in [0.29, 0.717) is 0 Å². The second-order valence-electron chi connectivity index (χ2n) is 4.53. The Morgan fingerprint density at radius 3 is 2.84 bits per heavy atom. The number of rotatable bonds is 6. The minimum absolute atomic E-state index is 0.846. The topological polar surface area (TPSA) is 39.1 Å². The minimum Gasteiger partial charge on any atom is -0.495 e. The highest BCUT2D eigenvalue weighted by Crippen LogP contribution is 2.25. The zero-order valence-corrected chi connectivity index (χ0v) is 11.8. The van der Waals surface area contributed by atoms with E-state index in [1.54, 1.807) is 7.11 Å². The molecule has 0 bridgehead atoms. The van der Waals surface area contributed by atoms with Crippen molar-refractivity contribution in [2.75, 3.05) is 19.0 Å². The Morgan fingerprint density at radius 2 is 2.11 bits per heavy atom. The number of anilines is 1. The molecule has 0 aliphatic heterocycles. The standard InChI is InChI=1S/C15H21N3O/c1-4-5-10-16-15-17-12(2)11-18(15)13-8-6-7-9-14(13)19-3/h6-9,11H,4-5,10H2,1-3H3,(H,16,17). The van der Waals surface area contributed by atoms with E-state index in [1.807, 2.05) is 42.0 Å². The lowest BCUT2D eigenvalue weighted by atomic mass is 10.3. The molecule has 2 rings (SSSR count). The summed E-state index contributed by atoms with van der Waals surface area (Å²) in [5, 5.41) is 3.38. The third-order valence-corrected chi connectivity index (χ3v) is 2.98. The Hall–Kier alpha value is -1.97. The number of aromatic nitrogens is 2. The lowest BCUT2D eigenvalue weighted by Crippen LogP contribution is -2.08. The summed E-state index contributed by atoms with van der Waals surface area (Å²) in [6.45, 7) is 5.11. The molecule has 4 heteroatoms. The molecule has 1 aromatic heterocycles. The molecule has 1 heterocycles. The van der Waals surface area contributed by atoms with E-state index in [9.17, 15) is 0 Å².